The summed E-state index contributed by atoms with van der Waals surface area (Å²) >= 11 is 0. The normalized spacial score (nSPS) is 10.7. The van der Waals surface area contributed by atoms with Gasteiger partial charge in [0.05, 0.1) is 11.9 Å². The van der Waals surface area contributed by atoms with Crippen molar-refractivity contribution in [3.05, 3.63) is 65.7 Å². The molecule has 17 heavy (non-hydrogen) atoms. The molecule has 2 aromatic rings. The second kappa shape index (κ2) is 5.21. The lowest BCUT2D eigenvalue weighted by Crippen LogP contribution is -1.91. The summed E-state index contributed by atoms with van der Waals surface area (Å²) < 4.78 is 25.7. The molecular formula is C13H10F2N2. The van der Waals surface area contributed by atoms with Gasteiger partial charge in [0.25, 0.3) is 0 Å². The molecule has 1 N–H and O–H groups in total. The fourth-order valence-electron chi connectivity index (χ4n) is 1.34. The topological polar surface area (TPSA) is 24.4 Å². The van der Waals surface area contributed by atoms with Crippen LogP contribution in [0.1, 0.15) is 5.56 Å². The van der Waals surface area contributed by atoms with Crippen LogP contribution in [0.2, 0.25) is 0 Å². The minimum absolute atomic E-state index is 0.367. The maximum Gasteiger partial charge on any atom is 0.126 e. The number of anilines is 1. The summed E-state index contributed by atoms with van der Waals surface area (Å²) in [5, 5.41) is 3.89. The van der Waals surface area contributed by atoms with E-state index in [2.05, 4.69) is 10.5 Å². The first kappa shape index (κ1) is 11.3. The number of nitrogens with zero attached hydrogens (tertiary/aromatic N) is 1. The first-order chi connectivity index (χ1) is 8.24. The summed E-state index contributed by atoms with van der Waals surface area (Å²) in [5.41, 5.74) is 3.93. The van der Waals surface area contributed by atoms with E-state index in [4.69, 9.17) is 0 Å². The Morgan fingerprint density at radius 3 is 2.24 bits per heavy atom. The van der Waals surface area contributed by atoms with Crippen molar-refractivity contribution in [1.82, 2.24) is 0 Å². The van der Waals surface area contributed by atoms with Crippen LogP contribution in [-0.2, 0) is 0 Å². The van der Waals surface area contributed by atoms with Crippen LogP contribution in [0.3, 0.4) is 0 Å². The van der Waals surface area contributed by atoms with Crippen LogP contribution in [0, 0.1) is 11.6 Å². The molecule has 0 saturated heterocycles. The Morgan fingerprint density at radius 1 is 0.941 bits per heavy atom. The maximum atomic E-state index is 12.9. The van der Waals surface area contributed by atoms with Gasteiger partial charge in [-0.2, -0.15) is 5.10 Å². The summed E-state index contributed by atoms with van der Waals surface area (Å²) in [6.45, 7) is 0. The summed E-state index contributed by atoms with van der Waals surface area (Å²) in [6, 6.07) is 12.5. The maximum absolute atomic E-state index is 12.9. The van der Waals surface area contributed by atoms with Crippen molar-refractivity contribution in [2.45, 2.75) is 0 Å². The van der Waals surface area contributed by atoms with Gasteiger partial charge >= 0.3 is 0 Å². The van der Waals surface area contributed by atoms with Crippen LogP contribution in [0.15, 0.2) is 53.6 Å². The Morgan fingerprint density at radius 2 is 1.59 bits per heavy atom. The largest absolute Gasteiger partial charge is 0.279 e. The van der Waals surface area contributed by atoms with Crippen LogP contribution in [0.4, 0.5) is 14.5 Å². The molecule has 2 rings (SSSR count). The minimum Gasteiger partial charge on any atom is -0.279 e. The van der Waals surface area contributed by atoms with Gasteiger partial charge in [-0.1, -0.05) is 18.2 Å². The number of hydrazone groups is 1. The Hall–Kier alpha value is -2.23. The number of para-hydroxylation sites is 1. The van der Waals surface area contributed by atoms with Crippen molar-refractivity contribution in [3.63, 3.8) is 0 Å². The minimum atomic E-state index is -0.619. The van der Waals surface area contributed by atoms with Crippen LogP contribution < -0.4 is 5.43 Å². The molecule has 0 radical (unpaired) electrons. The third-order valence-electron chi connectivity index (χ3n) is 2.07. The standard InChI is InChI=1S/C13H10F2N2/c14-11-6-10(7-12(15)8-11)9-16-17-13-4-2-1-3-5-13/h1-9,17H. The summed E-state index contributed by atoms with van der Waals surface area (Å²) in [7, 11) is 0. The van der Waals surface area contributed by atoms with Crippen molar-refractivity contribution in [3.8, 4) is 0 Å². The smallest absolute Gasteiger partial charge is 0.126 e. The molecule has 0 aliphatic heterocycles. The molecule has 0 aliphatic carbocycles. The number of nitrogens with one attached hydrogen (secondary N) is 1. The average Bonchev–Trinajstić information content (AvgIpc) is 2.29. The Bertz CT molecular complexity index is 504. The van der Waals surface area contributed by atoms with Crippen LogP contribution in [-0.4, -0.2) is 6.21 Å². The lowest BCUT2D eigenvalue weighted by molar-refractivity contribution is 0.583. The summed E-state index contributed by atoms with van der Waals surface area (Å²) in [5.74, 6) is -1.24. The molecule has 0 atom stereocenters. The molecule has 0 amide bonds. The molecule has 0 fully saturated rings. The SMILES string of the molecule is Fc1cc(F)cc(C=NNc2ccccc2)c1. The van der Waals surface area contributed by atoms with Gasteiger partial charge in [-0.25, -0.2) is 8.78 Å². The monoisotopic (exact) mass is 232 g/mol. The average molecular weight is 232 g/mol. The molecule has 86 valence electrons. The highest BCUT2D eigenvalue weighted by Crippen LogP contribution is 2.07. The Kier molecular flexibility index (Phi) is 3.45. The first-order valence-corrected chi connectivity index (χ1v) is 5.04. The van der Waals surface area contributed by atoms with Crippen LogP contribution >= 0.6 is 0 Å². The van der Waals surface area contributed by atoms with E-state index < -0.39 is 11.6 Å². The molecule has 0 saturated carbocycles. The van der Waals surface area contributed by atoms with Gasteiger partial charge in [0.2, 0.25) is 0 Å². The highest BCUT2D eigenvalue weighted by molar-refractivity contribution is 5.80. The molecular weight excluding hydrogens is 222 g/mol. The highest BCUT2D eigenvalue weighted by atomic mass is 19.1. The van der Waals surface area contributed by atoms with Gasteiger partial charge in [0.15, 0.2) is 0 Å². The fraction of sp³-hybridized carbons (Fsp3) is 0. The fourth-order valence-corrected chi connectivity index (χ4v) is 1.34. The van der Waals surface area contributed by atoms with Gasteiger partial charge in [-0.3, -0.25) is 5.43 Å². The van der Waals surface area contributed by atoms with E-state index in [1.807, 2.05) is 30.3 Å². The van der Waals surface area contributed by atoms with Crippen LogP contribution in [0.25, 0.3) is 0 Å². The molecule has 0 heterocycles. The van der Waals surface area contributed by atoms with Crippen molar-refractivity contribution < 1.29 is 8.78 Å². The molecule has 0 aliphatic rings. The third-order valence-corrected chi connectivity index (χ3v) is 2.07. The lowest BCUT2D eigenvalue weighted by atomic mass is 10.2. The zero-order chi connectivity index (χ0) is 12.1. The van der Waals surface area contributed by atoms with E-state index in [1.54, 1.807) is 0 Å². The van der Waals surface area contributed by atoms with Crippen molar-refractivity contribution in [2.24, 2.45) is 5.10 Å². The second-order valence-electron chi connectivity index (χ2n) is 3.44. The molecule has 0 bridgehead atoms. The van der Waals surface area contributed by atoms with E-state index in [0.29, 0.717) is 5.56 Å². The quantitative estimate of drug-likeness (QED) is 0.636. The Labute approximate surface area is 97.6 Å². The third kappa shape index (κ3) is 3.38. The van der Waals surface area contributed by atoms with E-state index in [-0.39, 0.29) is 0 Å². The predicted octanol–water partition coefficient (Wildman–Crippen LogP) is 3.41. The molecule has 2 aromatic carbocycles. The first-order valence-electron chi connectivity index (χ1n) is 5.04. The second-order valence-corrected chi connectivity index (χ2v) is 3.44. The zero-order valence-electron chi connectivity index (χ0n) is 8.90. The lowest BCUT2D eigenvalue weighted by Gasteiger charge is -1.99. The van der Waals surface area contributed by atoms with Crippen molar-refractivity contribution >= 4 is 11.9 Å². The van der Waals surface area contributed by atoms with Gasteiger partial charge in [0, 0.05) is 11.6 Å². The van der Waals surface area contributed by atoms with E-state index >= 15 is 0 Å². The predicted molar refractivity (Wildman–Crippen MR) is 64.0 cm³/mol. The number of halogens is 2. The molecule has 4 heteroatoms. The van der Waals surface area contributed by atoms with E-state index in [1.165, 1.54) is 18.3 Å². The van der Waals surface area contributed by atoms with Gasteiger partial charge in [-0.15, -0.1) is 0 Å². The van der Waals surface area contributed by atoms with E-state index in [9.17, 15) is 8.78 Å². The number of hydrogen-bond donors (Lipinski definition) is 1. The molecule has 0 aromatic heterocycles. The van der Waals surface area contributed by atoms with Gasteiger partial charge < -0.3 is 0 Å². The van der Waals surface area contributed by atoms with Crippen LogP contribution in [0.5, 0.6) is 0 Å². The van der Waals surface area contributed by atoms with Gasteiger partial charge in [0.1, 0.15) is 11.6 Å². The van der Waals surface area contributed by atoms with Crippen molar-refractivity contribution in [1.29, 1.82) is 0 Å². The number of rotatable bonds is 3. The summed E-state index contributed by atoms with van der Waals surface area (Å²) in [4.78, 5) is 0. The molecule has 0 unspecified atom stereocenters. The molecule has 2 nitrogen and oxygen atoms in total. The highest BCUT2D eigenvalue weighted by Gasteiger charge is 1.97. The Balaban J connectivity index is 2.06. The number of hydrogen-bond acceptors (Lipinski definition) is 2. The molecule has 0 spiro atoms. The number of benzene rings is 2. The van der Waals surface area contributed by atoms with E-state index in [0.717, 1.165) is 11.8 Å². The van der Waals surface area contributed by atoms with Gasteiger partial charge in [-0.05, 0) is 24.3 Å². The zero-order valence-corrected chi connectivity index (χ0v) is 8.90. The summed E-state index contributed by atoms with van der Waals surface area (Å²) in [6.07, 6.45) is 1.36. The van der Waals surface area contributed by atoms with Crippen molar-refractivity contribution in [2.75, 3.05) is 5.43 Å².